The highest BCUT2D eigenvalue weighted by molar-refractivity contribution is 5.92. The van der Waals surface area contributed by atoms with Crippen LogP contribution in [-0.2, 0) is 6.54 Å². The van der Waals surface area contributed by atoms with Gasteiger partial charge in [-0.05, 0) is 12.1 Å². The molecule has 0 aliphatic carbocycles. The predicted octanol–water partition coefficient (Wildman–Crippen LogP) is -0.0294. The van der Waals surface area contributed by atoms with Crippen LogP contribution in [0.1, 0.15) is 5.76 Å². The second-order valence-electron chi connectivity index (χ2n) is 3.12. The van der Waals surface area contributed by atoms with E-state index in [0.29, 0.717) is 12.5 Å². The normalized spacial score (nSPS) is 12.9. The van der Waals surface area contributed by atoms with Crippen LogP contribution in [0, 0.1) is 0 Å². The van der Waals surface area contributed by atoms with Gasteiger partial charge in [0.05, 0.1) is 6.26 Å². The molecule has 4 N–H and O–H groups in total. The molecule has 0 unspecified atom stereocenters. The molecule has 0 radical (unpaired) electrons. The lowest BCUT2D eigenvalue weighted by Gasteiger charge is -2.09. The van der Waals surface area contributed by atoms with E-state index >= 15 is 0 Å². The summed E-state index contributed by atoms with van der Waals surface area (Å²) in [6, 6.07) is 3.61. The minimum absolute atomic E-state index is 0.137. The van der Waals surface area contributed by atoms with Gasteiger partial charge in [-0.1, -0.05) is 0 Å². The topological polar surface area (TPSA) is 93.1 Å². The van der Waals surface area contributed by atoms with Crippen LogP contribution < -0.4 is 11.5 Å². The van der Waals surface area contributed by atoms with E-state index in [1.165, 1.54) is 0 Å². The lowest BCUT2D eigenvalue weighted by Crippen LogP contribution is -2.32. The molecular weight excluding hydrogens is 194 g/mol. The average Bonchev–Trinajstić information content (AvgIpc) is 2.66. The van der Waals surface area contributed by atoms with Crippen molar-refractivity contribution < 1.29 is 4.42 Å². The number of hydrogen-bond donors (Lipinski definition) is 2. The van der Waals surface area contributed by atoms with E-state index in [1.54, 1.807) is 31.3 Å². The number of hydrogen-bond acceptors (Lipinski definition) is 2. The highest BCUT2D eigenvalue weighted by Crippen LogP contribution is 2.01. The van der Waals surface area contributed by atoms with Gasteiger partial charge in [0, 0.05) is 14.1 Å². The molecule has 0 aliphatic heterocycles. The predicted molar refractivity (Wildman–Crippen MR) is 59.3 cm³/mol. The molecular formula is C9H15N5O. The molecule has 0 atom stereocenters. The molecule has 6 nitrogen and oxygen atoms in total. The Bertz CT molecular complexity index is 353. The van der Waals surface area contributed by atoms with Crippen LogP contribution in [0.2, 0.25) is 0 Å². The van der Waals surface area contributed by atoms with E-state index in [-0.39, 0.29) is 5.96 Å². The summed E-state index contributed by atoms with van der Waals surface area (Å²) in [7, 11) is 3.55. The van der Waals surface area contributed by atoms with Crippen LogP contribution in [0.15, 0.2) is 32.8 Å². The number of guanidine groups is 2. The zero-order chi connectivity index (χ0) is 11.3. The minimum atomic E-state index is 0.137. The summed E-state index contributed by atoms with van der Waals surface area (Å²) < 4.78 is 5.08. The molecule has 6 heteroatoms. The standard InChI is InChI=1S/C9H15N5O/c1-14(2)9(11)13-8(10)12-6-7-4-3-5-15-7/h3-5H,6H2,1-2H3,(H4,10,11,12,13). The molecule has 1 rings (SSSR count). The second-order valence-corrected chi connectivity index (χ2v) is 3.12. The van der Waals surface area contributed by atoms with Gasteiger partial charge in [0.1, 0.15) is 12.3 Å². The first-order valence-electron chi connectivity index (χ1n) is 4.43. The summed E-state index contributed by atoms with van der Waals surface area (Å²) in [5, 5.41) is 0. The van der Waals surface area contributed by atoms with Crippen LogP contribution in [0.25, 0.3) is 0 Å². The van der Waals surface area contributed by atoms with E-state index < -0.39 is 0 Å². The molecule has 0 aromatic carbocycles. The van der Waals surface area contributed by atoms with E-state index in [4.69, 9.17) is 15.9 Å². The maximum Gasteiger partial charge on any atom is 0.219 e. The fraction of sp³-hybridized carbons (Fsp3) is 0.333. The average molecular weight is 209 g/mol. The Hall–Kier alpha value is -1.98. The van der Waals surface area contributed by atoms with Crippen molar-refractivity contribution >= 4 is 11.9 Å². The lowest BCUT2D eigenvalue weighted by molar-refractivity contribution is 0.512. The molecule has 1 heterocycles. The second kappa shape index (κ2) is 5.04. The zero-order valence-corrected chi connectivity index (χ0v) is 8.84. The molecule has 1 aromatic heterocycles. The van der Waals surface area contributed by atoms with Crippen molar-refractivity contribution in [3.63, 3.8) is 0 Å². The van der Waals surface area contributed by atoms with Gasteiger partial charge >= 0.3 is 0 Å². The maximum atomic E-state index is 5.56. The largest absolute Gasteiger partial charge is 0.467 e. The monoisotopic (exact) mass is 209 g/mol. The first-order chi connectivity index (χ1) is 7.09. The molecule has 0 fully saturated rings. The van der Waals surface area contributed by atoms with E-state index in [0.717, 1.165) is 5.76 Å². The van der Waals surface area contributed by atoms with E-state index in [9.17, 15) is 0 Å². The number of nitrogens with zero attached hydrogens (tertiary/aromatic N) is 3. The Balaban J connectivity index is 2.57. The Kier molecular flexibility index (Phi) is 3.73. The molecule has 0 spiro atoms. The smallest absolute Gasteiger partial charge is 0.219 e. The summed E-state index contributed by atoms with van der Waals surface area (Å²) in [6.07, 6.45) is 1.58. The zero-order valence-electron chi connectivity index (χ0n) is 8.84. The van der Waals surface area contributed by atoms with Crippen molar-refractivity contribution in [2.24, 2.45) is 21.5 Å². The van der Waals surface area contributed by atoms with Gasteiger partial charge in [0.15, 0.2) is 5.96 Å². The van der Waals surface area contributed by atoms with Gasteiger partial charge in [-0.2, -0.15) is 4.99 Å². The molecule has 0 bridgehead atoms. The van der Waals surface area contributed by atoms with Crippen molar-refractivity contribution in [3.8, 4) is 0 Å². The molecule has 0 saturated carbocycles. The third-order valence-corrected chi connectivity index (χ3v) is 1.66. The maximum absolute atomic E-state index is 5.56. The first kappa shape index (κ1) is 11.1. The molecule has 0 aliphatic rings. The fourth-order valence-electron chi connectivity index (χ4n) is 0.814. The van der Waals surface area contributed by atoms with Crippen molar-refractivity contribution in [1.82, 2.24) is 4.90 Å². The summed E-state index contributed by atoms with van der Waals surface area (Å²) in [5.41, 5.74) is 11.1. The number of furan rings is 1. The Morgan fingerprint density at radius 2 is 2.20 bits per heavy atom. The molecule has 0 saturated heterocycles. The third kappa shape index (κ3) is 3.72. The van der Waals surface area contributed by atoms with Crippen molar-refractivity contribution in [2.75, 3.05) is 14.1 Å². The molecule has 82 valence electrons. The van der Waals surface area contributed by atoms with Crippen LogP contribution in [0.3, 0.4) is 0 Å². The highest BCUT2D eigenvalue weighted by Gasteiger charge is 1.97. The highest BCUT2D eigenvalue weighted by atomic mass is 16.3. The van der Waals surface area contributed by atoms with Crippen molar-refractivity contribution in [3.05, 3.63) is 24.2 Å². The van der Waals surface area contributed by atoms with Gasteiger partial charge in [0.25, 0.3) is 0 Å². The molecule has 0 amide bonds. The first-order valence-corrected chi connectivity index (χ1v) is 4.43. The summed E-state index contributed by atoms with van der Waals surface area (Å²) in [5.74, 6) is 1.19. The van der Waals surface area contributed by atoms with Crippen LogP contribution >= 0.6 is 0 Å². The summed E-state index contributed by atoms with van der Waals surface area (Å²) in [4.78, 5) is 9.53. The van der Waals surface area contributed by atoms with E-state index in [2.05, 4.69) is 9.98 Å². The van der Waals surface area contributed by atoms with Gasteiger partial charge in [-0.25, -0.2) is 4.99 Å². The van der Waals surface area contributed by atoms with Crippen LogP contribution in [0.5, 0.6) is 0 Å². The third-order valence-electron chi connectivity index (χ3n) is 1.66. The minimum Gasteiger partial charge on any atom is -0.467 e. The van der Waals surface area contributed by atoms with Crippen molar-refractivity contribution in [1.29, 1.82) is 0 Å². The van der Waals surface area contributed by atoms with Gasteiger partial charge < -0.3 is 20.8 Å². The number of nitrogens with two attached hydrogens (primary N) is 2. The summed E-state index contributed by atoms with van der Waals surface area (Å²) >= 11 is 0. The number of aliphatic imine (C=N–C) groups is 2. The Morgan fingerprint density at radius 3 is 2.73 bits per heavy atom. The molecule has 1 aromatic rings. The number of rotatable bonds is 2. The van der Waals surface area contributed by atoms with Crippen LogP contribution in [0.4, 0.5) is 0 Å². The van der Waals surface area contributed by atoms with E-state index in [1.807, 2.05) is 6.07 Å². The Labute approximate surface area is 88.3 Å². The lowest BCUT2D eigenvalue weighted by atomic mass is 10.5. The fourth-order valence-corrected chi connectivity index (χ4v) is 0.814. The van der Waals surface area contributed by atoms with Gasteiger partial charge in [-0.15, -0.1) is 0 Å². The van der Waals surface area contributed by atoms with Gasteiger partial charge in [0.2, 0.25) is 5.96 Å². The molecule has 15 heavy (non-hydrogen) atoms. The Morgan fingerprint density at radius 1 is 1.47 bits per heavy atom. The summed E-state index contributed by atoms with van der Waals surface area (Å²) in [6.45, 7) is 0.364. The van der Waals surface area contributed by atoms with Gasteiger partial charge in [-0.3, -0.25) is 0 Å². The quantitative estimate of drug-likeness (QED) is 0.528. The van der Waals surface area contributed by atoms with Crippen molar-refractivity contribution in [2.45, 2.75) is 6.54 Å². The van der Waals surface area contributed by atoms with Crippen LogP contribution in [-0.4, -0.2) is 30.9 Å². The SMILES string of the molecule is CN(C)C(N)=NC(N)=NCc1ccco1.